The van der Waals surface area contributed by atoms with Crippen molar-refractivity contribution in [2.24, 2.45) is 0 Å². The summed E-state index contributed by atoms with van der Waals surface area (Å²) in [5.41, 5.74) is -3.61. The molecule has 2 fully saturated rings. The molecule has 14 heteroatoms. The van der Waals surface area contributed by atoms with Crippen molar-refractivity contribution in [3.8, 4) is 5.75 Å². The van der Waals surface area contributed by atoms with Crippen molar-refractivity contribution in [1.29, 1.82) is 0 Å². The van der Waals surface area contributed by atoms with Crippen LogP contribution in [0, 0.1) is 0 Å². The van der Waals surface area contributed by atoms with Gasteiger partial charge in [-0.1, -0.05) is 0 Å². The highest BCUT2D eigenvalue weighted by Crippen LogP contribution is 2.32. The Hall–Kier alpha value is -2.21. The highest BCUT2D eigenvalue weighted by molar-refractivity contribution is 5.79. The van der Waals surface area contributed by atoms with Crippen LogP contribution in [0.2, 0.25) is 0 Å². The Balaban J connectivity index is 1.49. The third-order valence-corrected chi connectivity index (χ3v) is 6.99. The Morgan fingerprint density at radius 2 is 1.82 bits per heavy atom. The third kappa shape index (κ3) is 6.26. The van der Waals surface area contributed by atoms with Crippen LogP contribution in [0.3, 0.4) is 0 Å². The molecule has 2 aliphatic heterocycles. The van der Waals surface area contributed by atoms with E-state index < -0.39 is 85.9 Å². The van der Waals surface area contributed by atoms with Crippen molar-refractivity contribution in [3.05, 3.63) is 40.2 Å². The van der Waals surface area contributed by atoms with E-state index in [1.54, 1.807) is 6.07 Å². The molecule has 8 N–H and O–H groups in total. The van der Waals surface area contributed by atoms with E-state index in [4.69, 9.17) is 23.4 Å². The molecule has 0 spiro atoms. The minimum Gasteiger partial charge on any atom is -0.508 e. The van der Waals surface area contributed by atoms with E-state index in [0.29, 0.717) is 10.9 Å². The fourth-order valence-corrected chi connectivity index (χ4v) is 4.43. The van der Waals surface area contributed by atoms with Gasteiger partial charge in [0, 0.05) is 23.9 Å². The topological polar surface area (TPSA) is 229 Å². The van der Waals surface area contributed by atoms with Crippen LogP contribution in [0.4, 0.5) is 0 Å². The van der Waals surface area contributed by atoms with Crippen molar-refractivity contribution < 1.29 is 64.2 Å². The average molecular weight is 559 g/mol. The first-order valence-corrected chi connectivity index (χ1v) is 12.3. The van der Waals surface area contributed by atoms with Crippen molar-refractivity contribution in [3.63, 3.8) is 0 Å². The molecule has 0 aliphatic carbocycles. The standard InChI is InChI=1S/C25H34O14/c1-24(2,33)16(6-12-5-11-3-4-17(28)37-14(11)7-13(12)27)39-22-20(31)19(30)18(29)15(38-22)8-35-23-21(32)25(34,9-26)10-36-23/h3-5,7,15-16,18-23,26-27,29-34H,6,8-10H2,1-2H3/t15-,16-,18-,19+,20-,21+,22+,23-,25-/m1/s1. The number of phenolic OH excluding ortho intramolecular Hbond substituents is 1. The molecule has 1 aromatic carbocycles. The number of hydrogen-bond acceptors (Lipinski definition) is 14. The second-order valence-corrected chi connectivity index (χ2v) is 10.5. The zero-order valence-corrected chi connectivity index (χ0v) is 21.3. The summed E-state index contributed by atoms with van der Waals surface area (Å²) in [5, 5.41) is 82.7. The fraction of sp³-hybridized carbons (Fsp3) is 0.640. The van der Waals surface area contributed by atoms with Crippen molar-refractivity contribution in [1.82, 2.24) is 0 Å². The van der Waals surface area contributed by atoms with Gasteiger partial charge < -0.3 is 64.2 Å². The molecule has 218 valence electrons. The fourth-order valence-electron chi connectivity index (χ4n) is 4.43. The molecule has 39 heavy (non-hydrogen) atoms. The monoisotopic (exact) mass is 558 g/mol. The maximum Gasteiger partial charge on any atom is 0.336 e. The van der Waals surface area contributed by atoms with Gasteiger partial charge in [-0.05, 0) is 31.5 Å². The molecule has 4 rings (SSSR count). The largest absolute Gasteiger partial charge is 0.508 e. The zero-order chi connectivity index (χ0) is 28.7. The van der Waals surface area contributed by atoms with Crippen LogP contribution in [-0.4, -0.2) is 121 Å². The molecule has 0 amide bonds. The van der Waals surface area contributed by atoms with Crippen LogP contribution in [0.5, 0.6) is 5.75 Å². The maximum atomic E-state index is 11.5. The molecule has 0 bridgehead atoms. The minimum atomic E-state index is -1.93. The first kappa shape index (κ1) is 29.8. The van der Waals surface area contributed by atoms with Crippen LogP contribution < -0.4 is 5.63 Å². The zero-order valence-electron chi connectivity index (χ0n) is 21.3. The van der Waals surface area contributed by atoms with E-state index >= 15 is 0 Å². The van der Waals surface area contributed by atoms with Gasteiger partial charge in [-0.3, -0.25) is 0 Å². The Morgan fingerprint density at radius 3 is 2.46 bits per heavy atom. The summed E-state index contributed by atoms with van der Waals surface area (Å²) in [7, 11) is 0. The number of aromatic hydroxyl groups is 1. The predicted molar refractivity (Wildman–Crippen MR) is 129 cm³/mol. The molecule has 2 aliphatic rings. The Bertz CT molecular complexity index is 1190. The molecule has 2 aromatic rings. The number of aliphatic hydroxyl groups is 7. The van der Waals surface area contributed by atoms with Crippen LogP contribution in [0.1, 0.15) is 19.4 Å². The van der Waals surface area contributed by atoms with Gasteiger partial charge in [-0.2, -0.15) is 0 Å². The van der Waals surface area contributed by atoms with E-state index in [0.717, 1.165) is 0 Å². The minimum absolute atomic E-state index is 0.0986. The molecule has 14 nitrogen and oxygen atoms in total. The van der Waals surface area contributed by atoms with Crippen molar-refractivity contribution >= 4 is 11.0 Å². The quantitative estimate of drug-likeness (QED) is 0.148. The van der Waals surface area contributed by atoms with Gasteiger partial charge >= 0.3 is 5.63 Å². The molecule has 3 heterocycles. The smallest absolute Gasteiger partial charge is 0.336 e. The lowest BCUT2D eigenvalue weighted by molar-refractivity contribution is -0.327. The van der Waals surface area contributed by atoms with Gasteiger partial charge in [-0.25, -0.2) is 4.79 Å². The first-order chi connectivity index (χ1) is 18.2. The summed E-state index contributed by atoms with van der Waals surface area (Å²) in [6, 6.07) is 5.52. The Morgan fingerprint density at radius 1 is 1.10 bits per heavy atom. The average Bonchev–Trinajstić information content (AvgIpc) is 3.16. The van der Waals surface area contributed by atoms with E-state index in [1.807, 2.05) is 0 Å². The molecule has 2 saturated heterocycles. The molecule has 0 radical (unpaired) electrons. The molecular weight excluding hydrogens is 524 g/mol. The van der Waals surface area contributed by atoms with Gasteiger partial charge in [0.15, 0.2) is 12.6 Å². The van der Waals surface area contributed by atoms with Crippen LogP contribution >= 0.6 is 0 Å². The van der Waals surface area contributed by atoms with E-state index in [-0.39, 0.29) is 17.8 Å². The summed E-state index contributed by atoms with van der Waals surface area (Å²) in [6.07, 6.45) is -12.2. The number of hydrogen-bond donors (Lipinski definition) is 8. The number of aliphatic hydroxyl groups excluding tert-OH is 5. The molecule has 1 aromatic heterocycles. The number of rotatable bonds is 9. The van der Waals surface area contributed by atoms with Gasteiger partial charge in [-0.15, -0.1) is 0 Å². The SMILES string of the molecule is CC(C)(O)[C@@H](Cc1cc2ccc(=O)oc2cc1O)O[C@@H]1O[C@H](CO[C@@H]2OC[C@](O)(CO)[C@H]2O)[C@@H](O)[C@H](O)[C@H]1O. The number of ether oxygens (including phenoxy) is 4. The molecule has 0 saturated carbocycles. The normalized spacial score (nSPS) is 34.4. The van der Waals surface area contributed by atoms with Crippen molar-refractivity contribution in [2.45, 2.75) is 80.7 Å². The number of phenols is 1. The molecule has 0 unspecified atom stereocenters. The summed E-state index contributed by atoms with van der Waals surface area (Å²) < 4.78 is 27.1. The Labute approximate surface area is 222 Å². The lowest BCUT2D eigenvalue weighted by Gasteiger charge is -2.43. The summed E-state index contributed by atoms with van der Waals surface area (Å²) >= 11 is 0. The van der Waals surface area contributed by atoms with Crippen LogP contribution in [0.15, 0.2) is 33.5 Å². The maximum absolute atomic E-state index is 11.5. The lowest BCUT2D eigenvalue weighted by Crippen LogP contribution is -2.61. The molecular formula is C25H34O14. The van der Waals surface area contributed by atoms with Gasteiger partial charge in [0.2, 0.25) is 0 Å². The van der Waals surface area contributed by atoms with Gasteiger partial charge in [0.05, 0.1) is 31.5 Å². The summed E-state index contributed by atoms with van der Waals surface area (Å²) in [6.45, 7) is 1.19. The second kappa shape index (κ2) is 11.3. The van der Waals surface area contributed by atoms with Crippen LogP contribution in [-0.2, 0) is 25.4 Å². The number of fused-ring (bicyclic) bond motifs is 1. The number of benzene rings is 1. The van der Waals surface area contributed by atoms with Crippen molar-refractivity contribution in [2.75, 3.05) is 19.8 Å². The van der Waals surface area contributed by atoms with Crippen LogP contribution in [0.25, 0.3) is 11.0 Å². The summed E-state index contributed by atoms with van der Waals surface area (Å²) in [5.74, 6) is -0.237. The predicted octanol–water partition coefficient (Wildman–Crippen LogP) is -2.54. The second-order valence-electron chi connectivity index (χ2n) is 10.5. The Kier molecular flexibility index (Phi) is 8.66. The van der Waals surface area contributed by atoms with E-state index in [2.05, 4.69) is 0 Å². The van der Waals surface area contributed by atoms with E-state index in [9.17, 15) is 45.6 Å². The summed E-state index contributed by atoms with van der Waals surface area (Å²) in [4.78, 5) is 11.5. The third-order valence-electron chi connectivity index (χ3n) is 6.99. The van der Waals surface area contributed by atoms with Gasteiger partial charge in [0.25, 0.3) is 0 Å². The first-order valence-electron chi connectivity index (χ1n) is 12.3. The van der Waals surface area contributed by atoms with Gasteiger partial charge in [0.1, 0.15) is 47.5 Å². The molecule has 9 atom stereocenters. The highest BCUT2D eigenvalue weighted by Gasteiger charge is 2.50. The lowest BCUT2D eigenvalue weighted by atomic mass is 9.93. The highest BCUT2D eigenvalue weighted by atomic mass is 16.7. The van der Waals surface area contributed by atoms with E-state index in [1.165, 1.54) is 32.0 Å².